The molecule has 0 unspecified atom stereocenters. The molecular formula is C48H78O23. The van der Waals surface area contributed by atoms with Gasteiger partial charge in [0.15, 0.2) is 61.8 Å². The molecule has 0 amide bonds. The molecule has 0 bridgehead atoms. The van der Waals surface area contributed by atoms with E-state index in [4.69, 9.17) is 66.3 Å². The third-order valence-corrected chi connectivity index (χ3v) is 12.4. The number of aliphatic hydroxyl groups is 3. The lowest BCUT2D eigenvalue weighted by molar-refractivity contribution is -0.385. The van der Waals surface area contributed by atoms with Crippen molar-refractivity contribution < 1.29 is 110 Å². The Hall–Kier alpha value is -3.62. The first-order chi connectivity index (χ1) is 33.5. The maximum atomic E-state index is 12.9. The molecule has 71 heavy (non-hydrogen) atoms. The number of esters is 6. The van der Waals surface area contributed by atoms with Crippen molar-refractivity contribution in [3.63, 3.8) is 0 Å². The zero-order chi connectivity index (χ0) is 52.7. The summed E-state index contributed by atoms with van der Waals surface area (Å²) in [6.07, 6.45) is -18.0. The zero-order valence-corrected chi connectivity index (χ0v) is 42.8. The highest BCUT2D eigenvalue weighted by Crippen LogP contribution is 2.38. The van der Waals surface area contributed by atoms with Crippen LogP contribution in [-0.4, -0.2) is 181 Å². The van der Waals surface area contributed by atoms with Gasteiger partial charge >= 0.3 is 35.8 Å². The highest BCUT2D eigenvalue weighted by Gasteiger charge is 2.58. The number of aliphatic hydroxyl groups excluding tert-OH is 3. The summed E-state index contributed by atoms with van der Waals surface area (Å²) in [5, 5.41) is 34.5. The highest BCUT2D eigenvalue weighted by molar-refractivity contribution is 5.69. The second kappa shape index (κ2) is 28.7. The molecular weight excluding hydrogens is 945 g/mol. The third kappa shape index (κ3) is 17.5. The molecule has 0 aromatic carbocycles. The maximum Gasteiger partial charge on any atom is 0.303 e. The number of ether oxygens (including phenoxy) is 14. The molecule has 4 fully saturated rings. The first-order valence-electron chi connectivity index (χ1n) is 24.8. The van der Waals surface area contributed by atoms with Crippen LogP contribution < -0.4 is 0 Å². The highest BCUT2D eigenvalue weighted by atomic mass is 16.8. The van der Waals surface area contributed by atoms with E-state index in [0.717, 1.165) is 67.2 Å². The summed E-state index contributed by atoms with van der Waals surface area (Å²) >= 11 is 0. The fourth-order valence-electron chi connectivity index (χ4n) is 9.18. The molecule has 0 spiro atoms. The van der Waals surface area contributed by atoms with Crippen LogP contribution in [0.25, 0.3) is 0 Å². The number of unbranched alkanes of at least 4 members (excludes halogenated alkanes) is 9. The zero-order valence-electron chi connectivity index (χ0n) is 42.8. The lowest BCUT2D eigenvalue weighted by atomic mass is 9.95. The third-order valence-electron chi connectivity index (χ3n) is 12.4. The average Bonchev–Trinajstić information content (AvgIpc) is 3.27. The van der Waals surface area contributed by atoms with Crippen LogP contribution in [0, 0.1) is 0 Å². The normalized spacial score (nSPS) is 37.3. The quantitative estimate of drug-likeness (QED) is 0.0711. The molecule has 0 saturated carbocycles. The van der Waals surface area contributed by atoms with Gasteiger partial charge < -0.3 is 81.6 Å². The molecule has 4 aliphatic rings. The number of carbonyl (C=O) groups excluding carboxylic acids is 6. The van der Waals surface area contributed by atoms with E-state index in [2.05, 4.69) is 6.92 Å². The van der Waals surface area contributed by atoms with Crippen LogP contribution in [0.5, 0.6) is 0 Å². The van der Waals surface area contributed by atoms with Gasteiger partial charge in [-0.05, 0) is 34.1 Å². The van der Waals surface area contributed by atoms with Gasteiger partial charge in [-0.1, -0.05) is 64.7 Å². The Morgan fingerprint density at radius 2 is 0.676 bits per heavy atom. The maximum absolute atomic E-state index is 12.9. The van der Waals surface area contributed by atoms with Crippen molar-refractivity contribution >= 4 is 35.8 Å². The second-order valence-corrected chi connectivity index (χ2v) is 18.6. The van der Waals surface area contributed by atoms with Gasteiger partial charge in [0.2, 0.25) is 0 Å². The molecule has 0 radical (unpaired) electrons. The molecule has 4 saturated heterocycles. The largest absolute Gasteiger partial charge is 0.457 e. The minimum Gasteiger partial charge on any atom is -0.457 e. The second-order valence-electron chi connectivity index (χ2n) is 18.6. The van der Waals surface area contributed by atoms with Crippen molar-refractivity contribution in [1.29, 1.82) is 0 Å². The first kappa shape index (κ1) is 59.9. The van der Waals surface area contributed by atoms with Gasteiger partial charge in [-0.3, -0.25) is 28.8 Å². The Bertz CT molecular complexity index is 1710. The van der Waals surface area contributed by atoms with Crippen molar-refractivity contribution in [2.75, 3.05) is 6.61 Å². The Morgan fingerprint density at radius 3 is 1.14 bits per heavy atom. The summed E-state index contributed by atoms with van der Waals surface area (Å²) in [5.41, 5.74) is 0. The van der Waals surface area contributed by atoms with Crippen LogP contribution >= 0.6 is 0 Å². The fraction of sp³-hybridized carbons (Fsp3) is 0.875. The van der Waals surface area contributed by atoms with Gasteiger partial charge in [0.1, 0.15) is 36.6 Å². The van der Waals surface area contributed by atoms with Gasteiger partial charge in [-0.25, -0.2) is 0 Å². The van der Waals surface area contributed by atoms with Crippen molar-refractivity contribution in [2.45, 2.75) is 263 Å². The summed E-state index contributed by atoms with van der Waals surface area (Å²) < 4.78 is 82.6. The van der Waals surface area contributed by atoms with E-state index in [1.54, 1.807) is 6.92 Å². The van der Waals surface area contributed by atoms with Crippen LogP contribution in [-0.2, 0) is 95.1 Å². The summed E-state index contributed by atoms with van der Waals surface area (Å²) in [6, 6.07) is 0. The smallest absolute Gasteiger partial charge is 0.303 e. The van der Waals surface area contributed by atoms with Crippen LogP contribution in [0.15, 0.2) is 0 Å². The molecule has 0 aromatic heterocycles. The number of rotatable bonds is 24. The standard InChI is InChI=1S/C48H78O23/c1-12-13-14-15-16-17-18-19-20-21-22-58-45-34(56)33(55)36(23(2)59-45)69-46-35(57)40(37(24(3)60-46)63-27(6)49)70-47-44(68-32(11)54)42(39(26(5)61-47)65-29(8)51)71-48-43(67-31(10)53)41(66-30(9)52)38(25(4)62-48)64-28(7)50/h23-26,33-48,55-57H,12-22H2,1-11H3/t23-,24-,25+,26+,33+,34-,35-,36+,37-,38+,39-,40-,41+,42+,43+,44+,45+,46+,47+,48-/m0/s1. The molecule has 408 valence electrons. The molecule has 0 aromatic rings. The molecule has 4 heterocycles. The Labute approximate surface area is 415 Å². The Morgan fingerprint density at radius 1 is 0.352 bits per heavy atom. The molecule has 4 rings (SSSR count). The molecule has 4 aliphatic heterocycles. The van der Waals surface area contributed by atoms with E-state index in [-0.39, 0.29) is 6.61 Å². The van der Waals surface area contributed by atoms with Gasteiger partial charge in [0.25, 0.3) is 0 Å². The predicted octanol–water partition coefficient (Wildman–Crippen LogP) is 2.73. The average molecular weight is 1020 g/mol. The molecule has 23 nitrogen and oxygen atoms in total. The summed E-state index contributed by atoms with van der Waals surface area (Å²) in [7, 11) is 0. The monoisotopic (exact) mass is 1020 g/mol. The number of hydrogen-bond donors (Lipinski definition) is 3. The Balaban J connectivity index is 1.58. The first-order valence-corrected chi connectivity index (χ1v) is 24.8. The molecule has 0 aliphatic carbocycles. The lowest BCUT2D eigenvalue weighted by Crippen LogP contribution is -2.68. The van der Waals surface area contributed by atoms with E-state index in [1.165, 1.54) is 59.3 Å². The fourth-order valence-corrected chi connectivity index (χ4v) is 9.18. The number of carbonyl (C=O) groups is 6. The molecule has 3 N–H and O–H groups in total. The van der Waals surface area contributed by atoms with E-state index >= 15 is 0 Å². The predicted molar refractivity (Wildman–Crippen MR) is 241 cm³/mol. The lowest BCUT2D eigenvalue weighted by Gasteiger charge is -2.50. The van der Waals surface area contributed by atoms with Crippen LogP contribution in [0.4, 0.5) is 0 Å². The van der Waals surface area contributed by atoms with Crippen molar-refractivity contribution in [3.05, 3.63) is 0 Å². The van der Waals surface area contributed by atoms with Crippen LogP contribution in [0.3, 0.4) is 0 Å². The minimum absolute atomic E-state index is 0.288. The molecule has 20 atom stereocenters. The van der Waals surface area contributed by atoms with E-state index in [1.807, 2.05) is 0 Å². The van der Waals surface area contributed by atoms with E-state index in [9.17, 15) is 44.1 Å². The van der Waals surface area contributed by atoms with Crippen molar-refractivity contribution in [2.24, 2.45) is 0 Å². The summed E-state index contributed by atoms with van der Waals surface area (Å²) in [5.74, 6) is -5.08. The Kier molecular flexibility index (Phi) is 24.3. The van der Waals surface area contributed by atoms with E-state index in [0.29, 0.717) is 0 Å². The molecule has 23 heteroatoms. The topological polar surface area (TPSA) is 292 Å². The SMILES string of the molecule is CCCCCCCCCCCCO[C@@H]1O[C@@H](C)[C@@H](O[C@H]2O[C@@H](C)[C@H](OC(C)=O)[C@@H](O[C@H]3O[C@H](C)[C@H](OC(C)=O)[C@@H](O[C@@H]4O[C@H](C)[C@@H](OC(C)=O)[C@@H](OC(C)=O)[C@H]4OC(C)=O)[C@H]3OC(C)=O)[C@@H]2O)[C@H](O)[C@@H]1O. The van der Waals surface area contributed by atoms with Crippen LogP contribution in [0.1, 0.15) is 140 Å². The van der Waals surface area contributed by atoms with Gasteiger partial charge in [0.05, 0.1) is 24.4 Å². The van der Waals surface area contributed by atoms with E-state index < -0.39 is 159 Å². The van der Waals surface area contributed by atoms with Crippen LogP contribution in [0.2, 0.25) is 0 Å². The van der Waals surface area contributed by atoms with Crippen molar-refractivity contribution in [3.8, 4) is 0 Å². The minimum atomic E-state index is -1.88. The van der Waals surface area contributed by atoms with Gasteiger partial charge in [0, 0.05) is 48.1 Å². The summed E-state index contributed by atoms with van der Waals surface area (Å²) in [4.78, 5) is 75.2. The number of hydrogen-bond acceptors (Lipinski definition) is 23. The van der Waals surface area contributed by atoms with Crippen molar-refractivity contribution in [1.82, 2.24) is 0 Å². The van der Waals surface area contributed by atoms with Gasteiger partial charge in [-0.2, -0.15) is 0 Å². The van der Waals surface area contributed by atoms with Gasteiger partial charge in [-0.15, -0.1) is 0 Å². The summed E-state index contributed by atoms with van der Waals surface area (Å²) in [6.45, 7) is 15.0.